The number of hydrogen-bond acceptors (Lipinski definition) is 6. The van der Waals surface area contributed by atoms with Crippen molar-refractivity contribution >= 4 is 5.97 Å². The molecule has 0 spiro atoms. The normalized spacial score (nSPS) is 12.1. The van der Waals surface area contributed by atoms with Crippen LogP contribution in [0.2, 0.25) is 0 Å². The van der Waals surface area contributed by atoms with E-state index in [1.54, 1.807) is 0 Å². The van der Waals surface area contributed by atoms with Crippen molar-refractivity contribution in [3.8, 4) is 17.2 Å². The van der Waals surface area contributed by atoms with Gasteiger partial charge in [0.1, 0.15) is 6.61 Å². The zero-order chi connectivity index (χ0) is 12.3. The summed E-state index contributed by atoms with van der Waals surface area (Å²) in [5.41, 5.74) is -0.117. The predicted octanol–water partition coefficient (Wildman–Crippen LogP) is 0.341. The highest BCUT2D eigenvalue weighted by molar-refractivity contribution is 5.91. The number of ether oxygens (including phenoxy) is 1. The average molecular weight is 228 g/mol. The summed E-state index contributed by atoms with van der Waals surface area (Å²) < 4.78 is 4.65. The molecule has 0 amide bonds. The standard InChI is InChI=1S/C10H12O6/c1-5(11)4-16-10(15)6-2-7(12)9(14)8(13)3-6/h2-3,5,11-14H,4H2,1H3. The Labute approximate surface area is 91.3 Å². The first-order chi connectivity index (χ1) is 7.41. The Bertz CT molecular complexity index is 375. The molecule has 0 aliphatic heterocycles. The van der Waals surface area contributed by atoms with Gasteiger partial charge in [0.25, 0.3) is 0 Å². The van der Waals surface area contributed by atoms with Crippen LogP contribution in [-0.4, -0.2) is 39.1 Å². The van der Waals surface area contributed by atoms with Gasteiger partial charge in [0.15, 0.2) is 17.2 Å². The van der Waals surface area contributed by atoms with Crippen molar-refractivity contribution in [2.24, 2.45) is 0 Å². The number of aromatic hydroxyl groups is 3. The molecule has 1 rings (SSSR count). The summed E-state index contributed by atoms with van der Waals surface area (Å²) >= 11 is 0. The maximum absolute atomic E-state index is 11.3. The van der Waals surface area contributed by atoms with E-state index in [-0.39, 0.29) is 12.2 Å². The van der Waals surface area contributed by atoms with Crippen LogP contribution in [0.25, 0.3) is 0 Å². The smallest absolute Gasteiger partial charge is 0.338 e. The van der Waals surface area contributed by atoms with Crippen molar-refractivity contribution in [2.75, 3.05) is 6.61 Å². The summed E-state index contributed by atoms with van der Waals surface area (Å²) in [6, 6.07) is 1.92. The fourth-order valence-corrected chi connectivity index (χ4v) is 1.00. The summed E-state index contributed by atoms with van der Waals surface area (Å²) in [5, 5.41) is 36.2. The van der Waals surface area contributed by atoms with Gasteiger partial charge < -0.3 is 25.2 Å². The first-order valence-corrected chi connectivity index (χ1v) is 4.52. The van der Waals surface area contributed by atoms with E-state index in [4.69, 9.17) is 20.4 Å². The quantitative estimate of drug-likeness (QED) is 0.439. The van der Waals surface area contributed by atoms with Crippen molar-refractivity contribution in [1.82, 2.24) is 0 Å². The summed E-state index contributed by atoms with van der Waals surface area (Å²) in [5.74, 6) is -2.76. The van der Waals surface area contributed by atoms with Gasteiger partial charge in [-0.25, -0.2) is 4.79 Å². The Morgan fingerprint density at radius 1 is 1.31 bits per heavy atom. The highest BCUT2D eigenvalue weighted by atomic mass is 16.5. The van der Waals surface area contributed by atoms with Crippen molar-refractivity contribution in [3.05, 3.63) is 17.7 Å². The summed E-state index contributed by atoms with van der Waals surface area (Å²) in [4.78, 5) is 11.3. The first-order valence-electron chi connectivity index (χ1n) is 4.52. The second-order valence-corrected chi connectivity index (χ2v) is 3.31. The third-order valence-corrected chi connectivity index (χ3v) is 1.76. The minimum absolute atomic E-state index is 0.117. The molecule has 0 aliphatic carbocycles. The predicted molar refractivity (Wildman–Crippen MR) is 53.4 cm³/mol. The molecule has 0 radical (unpaired) electrons. The van der Waals surface area contributed by atoms with Gasteiger partial charge in [0.05, 0.1) is 11.7 Å². The molecule has 0 aliphatic rings. The van der Waals surface area contributed by atoms with Crippen LogP contribution >= 0.6 is 0 Å². The van der Waals surface area contributed by atoms with E-state index in [0.717, 1.165) is 12.1 Å². The van der Waals surface area contributed by atoms with Gasteiger partial charge in [-0.3, -0.25) is 0 Å². The second kappa shape index (κ2) is 4.71. The molecule has 6 heteroatoms. The lowest BCUT2D eigenvalue weighted by Gasteiger charge is -2.08. The van der Waals surface area contributed by atoms with E-state index in [0.29, 0.717) is 0 Å². The van der Waals surface area contributed by atoms with E-state index in [2.05, 4.69) is 4.74 Å². The van der Waals surface area contributed by atoms with E-state index < -0.39 is 29.3 Å². The molecule has 0 bridgehead atoms. The lowest BCUT2D eigenvalue weighted by molar-refractivity contribution is 0.0295. The van der Waals surface area contributed by atoms with Gasteiger partial charge in [-0.1, -0.05) is 0 Å². The number of phenols is 3. The van der Waals surface area contributed by atoms with Gasteiger partial charge in [-0.05, 0) is 19.1 Å². The maximum atomic E-state index is 11.3. The monoisotopic (exact) mass is 228 g/mol. The zero-order valence-electron chi connectivity index (χ0n) is 8.54. The first kappa shape index (κ1) is 12.1. The van der Waals surface area contributed by atoms with E-state index in [9.17, 15) is 4.79 Å². The van der Waals surface area contributed by atoms with Crippen LogP contribution in [-0.2, 0) is 4.74 Å². The van der Waals surface area contributed by atoms with Crippen LogP contribution in [0.15, 0.2) is 12.1 Å². The fourth-order valence-electron chi connectivity index (χ4n) is 1.00. The Morgan fingerprint density at radius 3 is 2.25 bits per heavy atom. The van der Waals surface area contributed by atoms with Crippen LogP contribution in [0, 0.1) is 0 Å². The largest absolute Gasteiger partial charge is 0.504 e. The lowest BCUT2D eigenvalue weighted by atomic mass is 10.2. The molecule has 1 aromatic rings. The van der Waals surface area contributed by atoms with Gasteiger partial charge in [-0.15, -0.1) is 0 Å². The Morgan fingerprint density at radius 2 is 1.81 bits per heavy atom. The summed E-state index contributed by atoms with van der Waals surface area (Å²) in [6.45, 7) is 1.25. The number of esters is 1. The number of carbonyl (C=O) groups is 1. The SMILES string of the molecule is CC(O)COC(=O)c1cc(O)c(O)c(O)c1. The van der Waals surface area contributed by atoms with Gasteiger partial charge in [0.2, 0.25) is 0 Å². The zero-order valence-corrected chi connectivity index (χ0v) is 8.54. The van der Waals surface area contributed by atoms with Crippen molar-refractivity contribution < 1.29 is 30.0 Å². The van der Waals surface area contributed by atoms with Crippen LogP contribution in [0.5, 0.6) is 17.2 Å². The molecular formula is C10H12O6. The number of phenolic OH excluding ortho intramolecular Hbond substituents is 3. The molecule has 1 unspecified atom stereocenters. The van der Waals surface area contributed by atoms with Crippen LogP contribution in [0.4, 0.5) is 0 Å². The highest BCUT2D eigenvalue weighted by Gasteiger charge is 2.14. The van der Waals surface area contributed by atoms with Gasteiger partial charge >= 0.3 is 5.97 Å². The van der Waals surface area contributed by atoms with Crippen LogP contribution in [0.3, 0.4) is 0 Å². The second-order valence-electron chi connectivity index (χ2n) is 3.31. The fraction of sp³-hybridized carbons (Fsp3) is 0.300. The average Bonchev–Trinajstić information content (AvgIpc) is 2.21. The van der Waals surface area contributed by atoms with E-state index in [1.165, 1.54) is 6.92 Å². The number of hydrogen-bond donors (Lipinski definition) is 4. The summed E-state index contributed by atoms with van der Waals surface area (Å²) in [7, 11) is 0. The third kappa shape index (κ3) is 2.77. The van der Waals surface area contributed by atoms with Crippen molar-refractivity contribution in [2.45, 2.75) is 13.0 Å². The summed E-state index contributed by atoms with van der Waals surface area (Å²) in [6.07, 6.45) is -0.803. The molecule has 6 nitrogen and oxygen atoms in total. The molecule has 0 fully saturated rings. The van der Waals surface area contributed by atoms with E-state index >= 15 is 0 Å². The lowest BCUT2D eigenvalue weighted by Crippen LogP contribution is -2.15. The van der Waals surface area contributed by atoms with Gasteiger partial charge in [-0.2, -0.15) is 0 Å². The molecular weight excluding hydrogens is 216 g/mol. The molecule has 0 saturated heterocycles. The highest BCUT2D eigenvalue weighted by Crippen LogP contribution is 2.35. The van der Waals surface area contributed by atoms with Gasteiger partial charge in [0, 0.05) is 0 Å². The topological polar surface area (TPSA) is 107 Å². The molecule has 88 valence electrons. The number of benzene rings is 1. The molecule has 1 aromatic carbocycles. The Kier molecular flexibility index (Phi) is 3.57. The van der Waals surface area contributed by atoms with Crippen LogP contribution in [0.1, 0.15) is 17.3 Å². The number of rotatable bonds is 3. The molecule has 4 N–H and O–H groups in total. The number of aliphatic hydroxyl groups is 1. The molecule has 1 atom stereocenters. The number of carbonyl (C=O) groups excluding carboxylic acids is 1. The van der Waals surface area contributed by atoms with Crippen molar-refractivity contribution in [1.29, 1.82) is 0 Å². The minimum Gasteiger partial charge on any atom is -0.504 e. The Hall–Kier alpha value is -1.95. The third-order valence-electron chi connectivity index (χ3n) is 1.76. The van der Waals surface area contributed by atoms with Crippen LogP contribution < -0.4 is 0 Å². The molecule has 0 saturated carbocycles. The number of aliphatic hydroxyl groups excluding tert-OH is 1. The minimum atomic E-state index is -0.813. The molecule has 0 heterocycles. The Balaban J connectivity index is 2.84. The molecule has 16 heavy (non-hydrogen) atoms. The van der Waals surface area contributed by atoms with Crippen molar-refractivity contribution in [3.63, 3.8) is 0 Å². The van der Waals surface area contributed by atoms with E-state index in [1.807, 2.05) is 0 Å². The molecule has 0 aromatic heterocycles. The maximum Gasteiger partial charge on any atom is 0.338 e.